The lowest BCUT2D eigenvalue weighted by atomic mass is 10.1. The minimum atomic E-state index is -0.400. The Morgan fingerprint density at radius 1 is 1.16 bits per heavy atom. The zero-order valence-electron chi connectivity index (χ0n) is 17.3. The Bertz CT molecular complexity index is 1280. The molecule has 0 aliphatic rings. The predicted octanol–water partition coefficient (Wildman–Crippen LogP) is 4.20. The van der Waals surface area contributed by atoms with Crippen molar-refractivity contribution in [3.63, 3.8) is 0 Å². The molecule has 158 valence electrons. The van der Waals surface area contributed by atoms with Crippen molar-refractivity contribution >= 4 is 22.5 Å². The van der Waals surface area contributed by atoms with Crippen LogP contribution in [0.4, 0.5) is 10.1 Å². The summed E-state index contributed by atoms with van der Waals surface area (Å²) in [5.74, 6) is -0.366. The zero-order valence-corrected chi connectivity index (χ0v) is 17.3. The molecule has 2 aromatic carbocycles. The lowest BCUT2D eigenvalue weighted by Gasteiger charge is -2.10. The van der Waals surface area contributed by atoms with Gasteiger partial charge in [-0.1, -0.05) is 12.1 Å². The Labute approximate surface area is 178 Å². The van der Waals surface area contributed by atoms with Crippen LogP contribution in [0.1, 0.15) is 27.3 Å². The van der Waals surface area contributed by atoms with E-state index in [1.165, 1.54) is 25.3 Å². The number of fused-ring (bicyclic) bond motifs is 1. The third-order valence-corrected chi connectivity index (χ3v) is 5.11. The maximum Gasteiger partial charge on any atom is 0.256 e. The summed E-state index contributed by atoms with van der Waals surface area (Å²) in [6, 6.07) is 12.6. The van der Waals surface area contributed by atoms with Gasteiger partial charge in [-0.25, -0.2) is 9.37 Å². The lowest BCUT2D eigenvalue weighted by Crippen LogP contribution is -2.14. The first-order chi connectivity index (χ1) is 14.9. The first-order valence-corrected chi connectivity index (χ1v) is 9.63. The SMILES string of the molecule is COc1ccc2nc(O)cc(C(=O)Nc3c(C)nn(Cc4ccc(F)cc4)c3C)c2c1. The fraction of sp³-hybridized carbons (Fsp3) is 0.174. The first kappa shape index (κ1) is 20.3. The fourth-order valence-corrected chi connectivity index (χ4v) is 3.48. The lowest BCUT2D eigenvalue weighted by molar-refractivity contribution is 0.102. The van der Waals surface area contributed by atoms with E-state index in [-0.39, 0.29) is 17.3 Å². The van der Waals surface area contributed by atoms with Crippen LogP contribution in [0.15, 0.2) is 48.5 Å². The van der Waals surface area contributed by atoms with Gasteiger partial charge in [0, 0.05) is 11.5 Å². The third-order valence-electron chi connectivity index (χ3n) is 5.11. The van der Waals surface area contributed by atoms with Crippen LogP contribution in [-0.4, -0.2) is 32.9 Å². The average molecular weight is 420 g/mol. The molecule has 2 aromatic heterocycles. The van der Waals surface area contributed by atoms with Gasteiger partial charge in [0.25, 0.3) is 5.91 Å². The topological polar surface area (TPSA) is 89.3 Å². The van der Waals surface area contributed by atoms with Crippen molar-refractivity contribution in [1.82, 2.24) is 14.8 Å². The summed E-state index contributed by atoms with van der Waals surface area (Å²) < 4.78 is 20.2. The van der Waals surface area contributed by atoms with Gasteiger partial charge in [0.05, 0.1) is 41.8 Å². The number of nitrogens with zero attached hydrogens (tertiary/aromatic N) is 3. The van der Waals surface area contributed by atoms with Crippen molar-refractivity contribution in [3.8, 4) is 11.6 Å². The summed E-state index contributed by atoms with van der Waals surface area (Å²) in [6.45, 7) is 4.10. The highest BCUT2D eigenvalue weighted by Crippen LogP contribution is 2.28. The molecule has 0 unspecified atom stereocenters. The number of carbonyl (C=O) groups excluding carboxylic acids is 1. The summed E-state index contributed by atoms with van der Waals surface area (Å²) in [4.78, 5) is 17.2. The Hall–Kier alpha value is -3.94. The Morgan fingerprint density at radius 2 is 1.90 bits per heavy atom. The smallest absolute Gasteiger partial charge is 0.256 e. The number of amides is 1. The number of aromatic hydroxyl groups is 1. The van der Waals surface area contributed by atoms with Gasteiger partial charge in [0.2, 0.25) is 5.88 Å². The van der Waals surface area contributed by atoms with E-state index in [1.54, 1.807) is 41.9 Å². The van der Waals surface area contributed by atoms with Gasteiger partial charge < -0.3 is 15.2 Å². The molecule has 0 saturated heterocycles. The fourth-order valence-electron chi connectivity index (χ4n) is 3.48. The van der Waals surface area contributed by atoms with Crippen molar-refractivity contribution in [3.05, 3.63) is 76.9 Å². The largest absolute Gasteiger partial charge is 0.497 e. The van der Waals surface area contributed by atoms with E-state index in [0.29, 0.717) is 34.6 Å². The van der Waals surface area contributed by atoms with Crippen molar-refractivity contribution in [2.24, 2.45) is 0 Å². The van der Waals surface area contributed by atoms with Gasteiger partial charge in [0.15, 0.2) is 0 Å². The van der Waals surface area contributed by atoms with Crippen LogP contribution in [0, 0.1) is 19.7 Å². The van der Waals surface area contributed by atoms with Crippen LogP contribution in [0.5, 0.6) is 11.6 Å². The molecule has 0 saturated carbocycles. The molecule has 7 nitrogen and oxygen atoms in total. The molecule has 31 heavy (non-hydrogen) atoms. The van der Waals surface area contributed by atoms with Crippen molar-refractivity contribution in [2.45, 2.75) is 20.4 Å². The number of benzene rings is 2. The molecule has 0 bridgehead atoms. The van der Waals surface area contributed by atoms with Gasteiger partial charge in [-0.3, -0.25) is 9.48 Å². The van der Waals surface area contributed by atoms with Crippen molar-refractivity contribution in [1.29, 1.82) is 0 Å². The number of rotatable bonds is 5. The molecule has 0 atom stereocenters. The zero-order chi connectivity index (χ0) is 22.1. The van der Waals surface area contributed by atoms with E-state index in [4.69, 9.17) is 4.74 Å². The number of nitrogens with one attached hydrogen (secondary N) is 1. The van der Waals surface area contributed by atoms with Gasteiger partial charge >= 0.3 is 0 Å². The third kappa shape index (κ3) is 4.05. The number of aromatic nitrogens is 3. The molecular weight excluding hydrogens is 399 g/mol. The van der Waals surface area contributed by atoms with E-state index in [2.05, 4.69) is 15.4 Å². The molecule has 2 N–H and O–H groups in total. The number of halogens is 1. The molecule has 0 aliphatic carbocycles. The second kappa shape index (κ2) is 8.06. The molecule has 2 heterocycles. The van der Waals surface area contributed by atoms with Crippen LogP contribution in [0.3, 0.4) is 0 Å². The highest BCUT2D eigenvalue weighted by atomic mass is 19.1. The Morgan fingerprint density at radius 3 is 2.61 bits per heavy atom. The minimum Gasteiger partial charge on any atom is -0.497 e. The van der Waals surface area contributed by atoms with Crippen LogP contribution >= 0.6 is 0 Å². The Balaban J connectivity index is 1.66. The summed E-state index contributed by atoms with van der Waals surface area (Å²) >= 11 is 0. The highest BCUT2D eigenvalue weighted by Gasteiger charge is 2.19. The molecule has 0 spiro atoms. The monoisotopic (exact) mass is 420 g/mol. The van der Waals surface area contributed by atoms with Gasteiger partial charge in [-0.05, 0) is 49.7 Å². The molecule has 0 aliphatic heterocycles. The van der Waals surface area contributed by atoms with E-state index in [9.17, 15) is 14.3 Å². The molecule has 0 radical (unpaired) electrons. The van der Waals surface area contributed by atoms with Gasteiger partial charge in [-0.2, -0.15) is 5.10 Å². The molecule has 8 heteroatoms. The number of pyridine rings is 1. The second-order valence-electron chi connectivity index (χ2n) is 7.20. The summed E-state index contributed by atoms with van der Waals surface area (Å²) in [5, 5.41) is 18.0. The highest BCUT2D eigenvalue weighted by molar-refractivity contribution is 6.13. The van der Waals surface area contributed by atoms with Crippen LogP contribution in [0.25, 0.3) is 10.9 Å². The van der Waals surface area contributed by atoms with Crippen LogP contribution in [0.2, 0.25) is 0 Å². The second-order valence-corrected chi connectivity index (χ2v) is 7.20. The normalized spacial score (nSPS) is 11.0. The van der Waals surface area contributed by atoms with Crippen LogP contribution < -0.4 is 10.1 Å². The van der Waals surface area contributed by atoms with E-state index >= 15 is 0 Å². The summed E-state index contributed by atoms with van der Waals surface area (Å²) in [6.07, 6.45) is 0. The number of hydrogen-bond acceptors (Lipinski definition) is 5. The van der Waals surface area contributed by atoms with Crippen molar-refractivity contribution in [2.75, 3.05) is 12.4 Å². The number of methoxy groups -OCH3 is 1. The van der Waals surface area contributed by atoms with Crippen LogP contribution in [-0.2, 0) is 6.54 Å². The Kier molecular flexibility index (Phi) is 5.29. The molecule has 4 rings (SSSR count). The molecule has 1 amide bonds. The minimum absolute atomic E-state index is 0.247. The van der Waals surface area contributed by atoms with E-state index in [1.807, 2.05) is 6.92 Å². The van der Waals surface area contributed by atoms with Crippen molar-refractivity contribution < 1.29 is 19.0 Å². The van der Waals surface area contributed by atoms with E-state index in [0.717, 1.165) is 11.3 Å². The molecule has 4 aromatic rings. The summed E-state index contributed by atoms with van der Waals surface area (Å²) in [5.41, 5.74) is 3.63. The number of carbonyl (C=O) groups is 1. The predicted molar refractivity (Wildman–Crippen MR) is 115 cm³/mol. The van der Waals surface area contributed by atoms with Gasteiger partial charge in [0.1, 0.15) is 11.6 Å². The van der Waals surface area contributed by atoms with Gasteiger partial charge in [-0.15, -0.1) is 0 Å². The number of anilines is 1. The number of aryl methyl sites for hydroxylation is 1. The summed E-state index contributed by atoms with van der Waals surface area (Å²) in [7, 11) is 1.54. The first-order valence-electron chi connectivity index (χ1n) is 9.63. The molecular formula is C23H21FN4O3. The maximum absolute atomic E-state index is 13.2. The molecule has 0 fully saturated rings. The van der Waals surface area contributed by atoms with E-state index < -0.39 is 5.91 Å². The standard InChI is InChI=1S/C23H21FN4O3/c1-13-22(14(2)28(27-13)12-15-4-6-16(24)7-5-15)26-23(30)19-11-21(29)25-20-9-8-17(31-3)10-18(19)20/h4-11H,12H2,1-3H3,(H,25,29)(H,26,30). The number of ether oxygens (including phenoxy) is 1. The average Bonchev–Trinajstić information content (AvgIpc) is 3.01. The maximum atomic E-state index is 13.2. The quantitative estimate of drug-likeness (QED) is 0.505. The number of hydrogen-bond donors (Lipinski definition) is 2.